The fraction of sp³-hybridized carbons (Fsp3) is 0.357. The smallest absolute Gasteiger partial charge is 0.123 e. The number of nitrogens with zero attached hydrogens (tertiary/aromatic N) is 4. The highest BCUT2D eigenvalue weighted by Gasteiger charge is 2.30. The summed E-state index contributed by atoms with van der Waals surface area (Å²) in [5.74, 6) is 0. The van der Waals surface area contributed by atoms with Crippen LogP contribution in [0.2, 0.25) is 0 Å². The van der Waals surface area contributed by atoms with E-state index in [1.807, 2.05) is 12.4 Å². The van der Waals surface area contributed by atoms with Crippen molar-refractivity contribution in [1.29, 1.82) is 0 Å². The summed E-state index contributed by atoms with van der Waals surface area (Å²) in [4.78, 5) is 9.15. The van der Waals surface area contributed by atoms with E-state index in [9.17, 15) is 0 Å². The molecular weight excluding hydrogens is 406 g/mol. The third kappa shape index (κ3) is 4.64. The van der Waals surface area contributed by atoms with Crippen molar-refractivity contribution < 1.29 is 0 Å². The van der Waals surface area contributed by atoms with Gasteiger partial charge in [0.2, 0.25) is 0 Å². The lowest BCUT2D eigenvalue weighted by atomic mass is 9.87. The topological polar surface area (TPSA) is 43.8 Å². The number of anilines is 1. The number of piperazine rings is 1. The fourth-order valence-corrected chi connectivity index (χ4v) is 4.78. The number of hydrazone groups is 1. The third-order valence-electron chi connectivity index (χ3n) is 6.79. The highest BCUT2D eigenvalue weighted by Crippen LogP contribution is 2.30. The van der Waals surface area contributed by atoms with E-state index in [1.54, 1.807) is 0 Å². The largest absolute Gasteiger partial charge is 0.369 e. The Morgan fingerprint density at radius 3 is 2.27 bits per heavy atom. The van der Waals surface area contributed by atoms with E-state index >= 15 is 0 Å². The van der Waals surface area contributed by atoms with Gasteiger partial charge < -0.3 is 4.90 Å². The van der Waals surface area contributed by atoms with Crippen LogP contribution in [0.15, 0.2) is 78.2 Å². The molecule has 0 bridgehead atoms. The van der Waals surface area contributed by atoms with Crippen molar-refractivity contribution in [2.24, 2.45) is 5.10 Å². The number of benzene rings is 2. The van der Waals surface area contributed by atoms with Gasteiger partial charge in [0, 0.05) is 56.2 Å². The van der Waals surface area contributed by atoms with Crippen LogP contribution in [-0.2, 0) is 11.8 Å². The van der Waals surface area contributed by atoms with E-state index in [1.165, 1.54) is 27.9 Å². The Kier molecular flexibility index (Phi) is 5.90. The minimum absolute atomic E-state index is 0.118. The van der Waals surface area contributed by atoms with Crippen LogP contribution in [-0.4, -0.2) is 41.8 Å². The SMILES string of the molecule is CC(C)(C)c1ccc(N2CCN(C3NN=C(Cc4ccncc4)c4ccccc43)CC2)cc1. The number of aromatic nitrogens is 1. The zero-order chi connectivity index (χ0) is 22.8. The molecule has 0 radical (unpaired) electrons. The first kappa shape index (κ1) is 21.7. The molecule has 33 heavy (non-hydrogen) atoms. The second-order valence-corrected chi connectivity index (χ2v) is 10.0. The monoisotopic (exact) mass is 439 g/mol. The molecule has 0 aliphatic carbocycles. The van der Waals surface area contributed by atoms with Gasteiger partial charge in [-0.25, -0.2) is 0 Å². The number of nitrogens with one attached hydrogen (secondary N) is 1. The van der Waals surface area contributed by atoms with Crippen LogP contribution in [0.5, 0.6) is 0 Å². The highest BCUT2D eigenvalue weighted by molar-refractivity contribution is 6.03. The summed E-state index contributed by atoms with van der Waals surface area (Å²) in [6.45, 7) is 10.8. The Bertz CT molecular complexity index is 1110. The summed E-state index contributed by atoms with van der Waals surface area (Å²) in [6.07, 6.45) is 4.61. The number of rotatable bonds is 4. The van der Waals surface area contributed by atoms with E-state index in [-0.39, 0.29) is 11.6 Å². The van der Waals surface area contributed by atoms with Crippen LogP contribution in [0.4, 0.5) is 5.69 Å². The van der Waals surface area contributed by atoms with Gasteiger partial charge in [-0.3, -0.25) is 15.3 Å². The predicted octanol–water partition coefficient (Wildman–Crippen LogP) is 4.75. The van der Waals surface area contributed by atoms with Gasteiger partial charge in [-0.05, 0) is 46.4 Å². The Morgan fingerprint density at radius 2 is 1.58 bits per heavy atom. The molecule has 1 unspecified atom stereocenters. The van der Waals surface area contributed by atoms with Crippen LogP contribution in [0.3, 0.4) is 0 Å². The van der Waals surface area contributed by atoms with Crippen LogP contribution in [0, 0.1) is 0 Å². The molecule has 2 aliphatic rings. The molecule has 1 fully saturated rings. The fourth-order valence-electron chi connectivity index (χ4n) is 4.78. The van der Waals surface area contributed by atoms with Gasteiger partial charge in [0.15, 0.2) is 0 Å². The summed E-state index contributed by atoms with van der Waals surface area (Å²) in [5.41, 5.74) is 11.2. The zero-order valence-electron chi connectivity index (χ0n) is 19.8. The van der Waals surface area contributed by atoms with Gasteiger partial charge in [-0.1, -0.05) is 57.2 Å². The second kappa shape index (κ2) is 8.99. The zero-order valence-corrected chi connectivity index (χ0v) is 19.8. The molecule has 5 rings (SSSR count). The first-order valence-electron chi connectivity index (χ1n) is 11.9. The summed E-state index contributed by atoms with van der Waals surface area (Å²) >= 11 is 0. The molecule has 1 atom stereocenters. The maximum atomic E-state index is 4.82. The van der Waals surface area contributed by atoms with Crippen LogP contribution >= 0.6 is 0 Å². The second-order valence-electron chi connectivity index (χ2n) is 10.0. The van der Waals surface area contributed by atoms with Crippen LogP contribution < -0.4 is 10.3 Å². The standard InChI is InChI=1S/C28H33N5/c1-28(2,3)22-8-10-23(11-9-22)32-16-18-33(19-17-32)27-25-7-5-4-6-24(25)26(30-31-27)20-21-12-14-29-15-13-21/h4-15,27,31H,16-20H2,1-3H3. The molecule has 0 amide bonds. The van der Waals surface area contributed by atoms with Gasteiger partial charge in [0.1, 0.15) is 6.17 Å². The Balaban J connectivity index is 1.28. The van der Waals surface area contributed by atoms with Crippen molar-refractivity contribution in [1.82, 2.24) is 15.3 Å². The third-order valence-corrected chi connectivity index (χ3v) is 6.79. The molecule has 2 aliphatic heterocycles. The highest BCUT2D eigenvalue weighted by atomic mass is 15.4. The molecule has 1 N–H and O–H groups in total. The lowest BCUT2D eigenvalue weighted by molar-refractivity contribution is 0.155. The van der Waals surface area contributed by atoms with Gasteiger partial charge in [-0.2, -0.15) is 5.10 Å². The van der Waals surface area contributed by atoms with E-state index in [0.29, 0.717) is 0 Å². The Hall–Kier alpha value is -3.18. The van der Waals surface area contributed by atoms with E-state index in [4.69, 9.17) is 5.10 Å². The Labute approximate surface area is 197 Å². The molecule has 2 aromatic carbocycles. The lowest BCUT2D eigenvalue weighted by Crippen LogP contribution is -2.51. The van der Waals surface area contributed by atoms with Gasteiger partial charge in [0.05, 0.1) is 5.71 Å². The minimum Gasteiger partial charge on any atom is -0.369 e. The summed E-state index contributed by atoms with van der Waals surface area (Å²) in [6, 6.07) is 21.9. The van der Waals surface area contributed by atoms with E-state index in [0.717, 1.165) is 38.3 Å². The molecule has 170 valence electrons. The van der Waals surface area contributed by atoms with Crippen LogP contribution in [0.1, 0.15) is 49.2 Å². The van der Waals surface area contributed by atoms with Crippen molar-refractivity contribution in [3.8, 4) is 0 Å². The van der Waals surface area contributed by atoms with E-state index in [2.05, 4.69) is 102 Å². The van der Waals surface area contributed by atoms with Crippen molar-refractivity contribution in [3.05, 3.63) is 95.3 Å². The molecule has 1 saturated heterocycles. The van der Waals surface area contributed by atoms with Crippen molar-refractivity contribution in [3.63, 3.8) is 0 Å². The molecule has 3 heterocycles. The Morgan fingerprint density at radius 1 is 0.879 bits per heavy atom. The average Bonchev–Trinajstić information content (AvgIpc) is 2.85. The van der Waals surface area contributed by atoms with Gasteiger partial charge in [-0.15, -0.1) is 0 Å². The summed E-state index contributed by atoms with van der Waals surface area (Å²) in [5, 5.41) is 4.82. The number of hydrogen-bond acceptors (Lipinski definition) is 5. The molecule has 5 nitrogen and oxygen atoms in total. The number of fused-ring (bicyclic) bond motifs is 1. The first-order chi connectivity index (χ1) is 16.0. The molecule has 0 saturated carbocycles. The normalized spacial score (nSPS) is 18.9. The molecule has 1 aromatic heterocycles. The molecule has 0 spiro atoms. The van der Waals surface area contributed by atoms with Gasteiger partial charge in [0.25, 0.3) is 0 Å². The summed E-state index contributed by atoms with van der Waals surface area (Å²) in [7, 11) is 0. The maximum Gasteiger partial charge on any atom is 0.123 e. The van der Waals surface area contributed by atoms with Gasteiger partial charge >= 0.3 is 0 Å². The minimum atomic E-state index is 0.118. The number of pyridine rings is 1. The van der Waals surface area contributed by atoms with Crippen molar-refractivity contribution >= 4 is 11.4 Å². The summed E-state index contributed by atoms with van der Waals surface area (Å²) < 4.78 is 0. The quantitative estimate of drug-likeness (QED) is 0.637. The molecule has 5 heteroatoms. The predicted molar refractivity (Wildman–Crippen MR) is 136 cm³/mol. The van der Waals surface area contributed by atoms with Crippen molar-refractivity contribution in [2.45, 2.75) is 38.8 Å². The maximum absolute atomic E-state index is 4.82. The first-order valence-corrected chi connectivity index (χ1v) is 11.9. The van der Waals surface area contributed by atoms with Crippen molar-refractivity contribution in [2.75, 3.05) is 31.1 Å². The lowest BCUT2D eigenvalue weighted by Gasteiger charge is -2.41. The van der Waals surface area contributed by atoms with Crippen LogP contribution in [0.25, 0.3) is 0 Å². The number of hydrogen-bond donors (Lipinski definition) is 1. The van der Waals surface area contributed by atoms with E-state index < -0.39 is 0 Å². The molecular formula is C28H33N5. The average molecular weight is 440 g/mol. The molecule has 3 aromatic rings.